The minimum atomic E-state index is -3.21. The molecule has 1 fully saturated rings. The maximum Gasteiger partial charge on any atom is 0.175 e. The summed E-state index contributed by atoms with van der Waals surface area (Å²) in [5.74, 6) is 0.928. The van der Waals surface area contributed by atoms with Gasteiger partial charge in [-0.2, -0.15) is 0 Å². The van der Waals surface area contributed by atoms with Crippen LogP contribution in [0.1, 0.15) is 25.7 Å². The van der Waals surface area contributed by atoms with Crippen molar-refractivity contribution < 1.29 is 12.6 Å². The monoisotopic (exact) mass is 315 g/mol. The molecule has 0 aromatic heterocycles. The van der Waals surface area contributed by atoms with Crippen LogP contribution in [0.5, 0.6) is 0 Å². The van der Waals surface area contributed by atoms with Crippen LogP contribution >= 0.6 is 0 Å². The fraction of sp³-hybridized carbons (Fsp3) is 0.571. The molecule has 1 aromatic carbocycles. The van der Waals surface area contributed by atoms with Crippen LogP contribution < -0.4 is 5.73 Å². The average molecular weight is 315 g/mol. The molecular formula is C14H21NO3S2. The predicted molar refractivity (Wildman–Crippen MR) is 80.8 cm³/mol. The topological polar surface area (TPSA) is 77.2 Å². The third-order valence-corrected chi connectivity index (χ3v) is 6.48. The summed E-state index contributed by atoms with van der Waals surface area (Å²) in [4.78, 5) is 0.893. The van der Waals surface area contributed by atoms with E-state index in [0.29, 0.717) is 16.6 Å². The molecule has 20 heavy (non-hydrogen) atoms. The molecule has 2 rings (SSSR count). The largest absolute Gasteiger partial charge is 0.327 e. The van der Waals surface area contributed by atoms with Gasteiger partial charge in [-0.25, -0.2) is 8.42 Å². The van der Waals surface area contributed by atoms with E-state index in [-0.39, 0.29) is 10.9 Å². The molecule has 112 valence electrons. The lowest BCUT2D eigenvalue weighted by Gasteiger charge is -2.18. The molecule has 2 unspecified atom stereocenters. The first-order chi connectivity index (χ1) is 9.38. The Morgan fingerprint density at radius 3 is 2.30 bits per heavy atom. The van der Waals surface area contributed by atoms with Gasteiger partial charge in [0.1, 0.15) is 0 Å². The van der Waals surface area contributed by atoms with Crippen molar-refractivity contribution in [3.63, 3.8) is 0 Å². The lowest BCUT2D eigenvalue weighted by Crippen LogP contribution is -2.34. The molecule has 0 saturated heterocycles. The van der Waals surface area contributed by atoms with Gasteiger partial charge in [0.15, 0.2) is 9.84 Å². The standard InChI is InChI=1S/C14H21NO3S2/c1-20(17,18)13-8-6-12(7-9-13)19(16)10-14(15)11-4-2-3-5-11/h6-9,11,14H,2-5,10,15H2,1H3. The molecule has 2 N–H and O–H groups in total. The van der Waals surface area contributed by atoms with Crippen LogP contribution in [0, 0.1) is 5.92 Å². The Balaban J connectivity index is 2.02. The van der Waals surface area contributed by atoms with Gasteiger partial charge in [-0.05, 0) is 43.0 Å². The van der Waals surface area contributed by atoms with Crippen LogP contribution in [-0.2, 0) is 20.6 Å². The van der Waals surface area contributed by atoms with Crippen molar-refractivity contribution in [2.75, 3.05) is 12.0 Å². The second kappa shape index (κ2) is 6.37. The number of hydrogen-bond donors (Lipinski definition) is 1. The Morgan fingerprint density at radius 2 is 1.80 bits per heavy atom. The molecule has 0 radical (unpaired) electrons. The van der Waals surface area contributed by atoms with Gasteiger partial charge in [0, 0.05) is 22.9 Å². The van der Waals surface area contributed by atoms with Gasteiger partial charge < -0.3 is 5.73 Å². The van der Waals surface area contributed by atoms with E-state index in [0.717, 1.165) is 19.1 Å². The van der Waals surface area contributed by atoms with Crippen molar-refractivity contribution in [1.29, 1.82) is 0 Å². The van der Waals surface area contributed by atoms with Gasteiger partial charge in [0.2, 0.25) is 0 Å². The Labute approximate surface area is 123 Å². The highest BCUT2D eigenvalue weighted by Crippen LogP contribution is 2.27. The van der Waals surface area contributed by atoms with E-state index in [4.69, 9.17) is 5.73 Å². The summed E-state index contributed by atoms with van der Waals surface area (Å²) in [5, 5.41) is 0. The SMILES string of the molecule is CS(=O)(=O)c1ccc(S(=O)CC(N)C2CCCC2)cc1. The molecule has 0 spiro atoms. The fourth-order valence-electron chi connectivity index (χ4n) is 2.63. The molecular weight excluding hydrogens is 294 g/mol. The maximum absolute atomic E-state index is 12.3. The van der Waals surface area contributed by atoms with Crippen LogP contribution in [0.15, 0.2) is 34.1 Å². The summed E-state index contributed by atoms with van der Waals surface area (Å²) in [7, 11) is -4.37. The smallest absolute Gasteiger partial charge is 0.175 e. The molecule has 0 aliphatic heterocycles. The van der Waals surface area contributed by atoms with Crippen molar-refractivity contribution in [3.05, 3.63) is 24.3 Å². The zero-order valence-corrected chi connectivity index (χ0v) is 13.3. The summed E-state index contributed by atoms with van der Waals surface area (Å²) >= 11 is 0. The average Bonchev–Trinajstić information content (AvgIpc) is 2.91. The van der Waals surface area contributed by atoms with Gasteiger partial charge in [-0.1, -0.05) is 12.8 Å². The van der Waals surface area contributed by atoms with Crippen LogP contribution in [0.3, 0.4) is 0 Å². The predicted octanol–water partition coefficient (Wildman–Crippen LogP) is 1.72. The lowest BCUT2D eigenvalue weighted by atomic mass is 10.0. The first kappa shape index (κ1) is 15.7. The molecule has 0 heterocycles. The van der Waals surface area contributed by atoms with Gasteiger partial charge in [0.25, 0.3) is 0 Å². The number of nitrogens with two attached hydrogens (primary N) is 1. The number of hydrogen-bond acceptors (Lipinski definition) is 4. The highest BCUT2D eigenvalue weighted by atomic mass is 32.2. The second-order valence-electron chi connectivity index (χ2n) is 5.46. The van der Waals surface area contributed by atoms with Gasteiger partial charge in [-0.3, -0.25) is 4.21 Å². The number of rotatable bonds is 5. The number of sulfone groups is 1. The Morgan fingerprint density at radius 1 is 1.25 bits per heavy atom. The normalized spacial score (nSPS) is 19.9. The molecule has 1 aliphatic rings. The first-order valence-electron chi connectivity index (χ1n) is 6.82. The summed E-state index contributed by atoms with van der Waals surface area (Å²) in [5.41, 5.74) is 6.13. The van der Waals surface area contributed by atoms with Crippen molar-refractivity contribution in [2.45, 2.75) is 41.5 Å². The van der Waals surface area contributed by atoms with Crippen LogP contribution in [0.2, 0.25) is 0 Å². The molecule has 2 atom stereocenters. The second-order valence-corrected chi connectivity index (χ2v) is 8.98. The molecule has 1 aliphatic carbocycles. The summed E-state index contributed by atoms with van der Waals surface area (Å²) < 4.78 is 35.0. The van der Waals surface area contributed by atoms with E-state index in [1.54, 1.807) is 12.1 Å². The maximum atomic E-state index is 12.3. The van der Waals surface area contributed by atoms with E-state index >= 15 is 0 Å². The van der Waals surface area contributed by atoms with Crippen molar-refractivity contribution in [1.82, 2.24) is 0 Å². The van der Waals surface area contributed by atoms with Crippen LogP contribution in [-0.4, -0.2) is 30.7 Å². The van der Waals surface area contributed by atoms with Crippen molar-refractivity contribution >= 4 is 20.6 Å². The van der Waals surface area contributed by atoms with Gasteiger partial charge in [-0.15, -0.1) is 0 Å². The zero-order chi connectivity index (χ0) is 14.8. The lowest BCUT2D eigenvalue weighted by molar-refractivity contribution is 0.460. The van der Waals surface area contributed by atoms with Gasteiger partial charge >= 0.3 is 0 Å². The minimum Gasteiger partial charge on any atom is -0.327 e. The molecule has 6 heteroatoms. The third-order valence-electron chi connectivity index (χ3n) is 3.86. The molecule has 0 amide bonds. The molecule has 1 saturated carbocycles. The Hall–Kier alpha value is -0.720. The summed E-state index contributed by atoms with van der Waals surface area (Å²) in [6.45, 7) is 0. The molecule has 4 nitrogen and oxygen atoms in total. The minimum absolute atomic E-state index is 0.0343. The first-order valence-corrected chi connectivity index (χ1v) is 10.0. The van der Waals surface area contributed by atoms with E-state index in [2.05, 4.69) is 0 Å². The van der Waals surface area contributed by atoms with E-state index in [9.17, 15) is 12.6 Å². The highest BCUT2D eigenvalue weighted by molar-refractivity contribution is 7.90. The van der Waals surface area contributed by atoms with Gasteiger partial charge in [0.05, 0.1) is 15.7 Å². The van der Waals surface area contributed by atoms with Crippen LogP contribution in [0.4, 0.5) is 0 Å². The van der Waals surface area contributed by atoms with Crippen LogP contribution in [0.25, 0.3) is 0 Å². The van der Waals surface area contributed by atoms with Crippen molar-refractivity contribution in [3.8, 4) is 0 Å². The quantitative estimate of drug-likeness (QED) is 0.897. The summed E-state index contributed by atoms with van der Waals surface area (Å²) in [6.07, 6.45) is 5.86. The van der Waals surface area contributed by atoms with Crippen molar-refractivity contribution in [2.24, 2.45) is 11.7 Å². The molecule has 1 aromatic rings. The summed E-state index contributed by atoms with van der Waals surface area (Å²) in [6, 6.07) is 6.21. The third kappa shape index (κ3) is 3.90. The van der Waals surface area contributed by atoms with E-state index in [1.165, 1.54) is 25.0 Å². The Kier molecular flexibility index (Phi) is 4.99. The van der Waals surface area contributed by atoms with E-state index in [1.807, 2.05) is 0 Å². The molecule has 0 bridgehead atoms. The number of benzene rings is 1. The Bertz CT molecular complexity index is 575. The fourth-order valence-corrected chi connectivity index (χ4v) is 4.52. The highest BCUT2D eigenvalue weighted by Gasteiger charge is 2.24. The zero-order valence-electron chi connectivity index (χ0n) is 11.6. The van der Waals surface area contributed by atoms with E-state index < -0.39 is 20.6 Å².